The Labute approximate surface area is 87.7 Å². The molecule has 0 saturated heterocycles. The molecule has 1 aromatic heterocycles. The van der Waals surface area contributed by atoms with E-state index in [2.05, 4.69) is 18.2 Å². The van der Waals surface area contributed by atoms with Crippen LogP contribution >= 0.6 is 11.3 Å². The molecule has 0 saturated carbocycles. The minimum atomic E-state index is 0.135. The summed E-state index contributed by atoms with van der Waals surface area (Å²) < 4.78 is 0. The van der Waals surface area contributed by atoms with Crippen LogP contribution < -0.4 is 0 Å². The normalized spacial score (nSPS) is 12.6. The van der Waals surface area contributed by atoms with Crippen molar-refractivity contribution in [2.45, 2.75) is 5.92 Å². The lowest BCUT2D eigenvalue weighted by molar-refractivity contribution is 0.282. The molecule has 0 fully saturated rings. The van der Waals surface area contributed by atoms with Gasteiger partial charge in [0, 0.05) is 10.8 Å². The second-order valence-corrected chi connectivity index (χ2v) is 4.14. The number of rotatable bonds is 3. The Morgan fingerprint density at radius 3 is 2.43 bits per heavy atom. The Bertz CT molecular complexity index is 366. The van der Waals surface area contributed by atoms with Gasteiger partial charge in [-0.25, -0.2) is 0 Å². The van der Waals surface area contributed by atoms with Gasteiger partial charge in [0.25, 0.3) is 0 Å². The average molecular weight is 204 g/mol. The number of hydrogen-bond donors (Lipinski definition) is 1. The molecule has 1 aromatic carbocycles. The standard InChI is InChI=1S/C12H12OS/c13-9-11(12-7-4-8-14-12)10-5-2-1-3-6-10/h1-8,11,13H,9H2. The van der Waals surface area contributed by atoms with E-state index in [0.717, 1.165) is 0 Å². The van der Waals surface area contributed by atoms with Gasteiger partial charge in [0.2, 0.25) is 0 Å². The van der Waals surface area contributed by atoms with Crippen molar-refractivity contribution in [3.8, 4) is 0 Å². The summed E-state index contributed by atoms with van der Waals surface area (Å²) in [6, 6.07) is 14.2. The molecule has 0 spiro atoms. The van der Waals surface area contributed by atoms with Crippen molar-refractivity contribution in [3.05, 3.63) is 58.3 Å². The molecule has 0 aliphatic heterocycles. The molecule has 1 N–H and O–H groups in total. The molecular weight excluding hydrogens is 192 g/mol. The molecule has 1 atom stereocenters. The molecule has 14 heavy (non-hydrogen) atoms. The van der Waals surface area contributed by atoms with Crippen LogP contribution in [0.3, 0.4) is 0 Å². The Hall–Kier alpha value is -1.12. The summed E-state index contributed by atoms with van der Waals surface area (Å²) in [5, 5.41) is 11.4. The van der Waals surface area contributed by atoms with Crippen LogP contribution in [0.5, 0.6) is 0 Å². The van der Waals surface area contributed by atoms with E-state index in [4.69, 9.17) is 0 Å². The third-order valence-corrected chi connectivity index (χ3v) is 3.26. The zero-order valence-corrected chi connectivity index (χ0v) is 8.58. The molecule has 2 aromatic rings. The largest absolute Gasteiger partial charge is 0.395 e. The van der Waals surface area contributed by atoms with Crippen molar-refractivity contribution in [2.75, 3.05) is 6.61 Å². The average Bonchev–Trinajstić information content (AvgIpc) is 2.74. The van der Waals surface area contributed by atoms with Crippen LogP contribution in [-0.4, -0.2) is 11.7 Å². The van der Waals surface area contributed by atoms with Crippen LogP contribution in [0.2, 0.25) is 0 Å². The number of benzene rings is 1. The smallest absolute Gasteiger partial charge is 0.0548 e. The molecular formula is C12H12OS. The maximum atomic E-state index is 9.36. The molecule has 2 rings (SSSR count). The van der Waals surface area contributed by atoms with Crippen LogP contribution in [0.15, 0.2) is 47.8 Å². The van der Waals surface area contributed by atoms with Gasteiger partial charge in [-0.3, -0.25) is 0 Å². The van der Waals surface area contributed by atoms with E-state index in [1.807, 2.05) is 29.6 Å². The molecule has 1 heterocycles. The fourth-order valence-corrected chi connectivity index (χ4v) is 2.38. The Morgan fingerprint density at radius 2 is 1.86 bits per heavy atom. The summed E-state index contributed by atoms with van der Waals surface area (Å²) >= 11 is 1.69. The van der Waals surface area contributed by atoms with Crippen LogP contribution in [0, 0.1) is 0 Å². The van der Waals surface area contributed by atoms with Crippen molar-refractivity contribution >= 4 is 11.3 Å². The first-order valence-corrected chi connectivity index (χ1v) is 5.49. The van der Waals surface area contributed by atoms with E-state index >= 15 is 0 Å². The van der Waals surface area contributed by atoms with Gasteiger partial charge in [0.05, 0.1) is 6.61 Å². The van der Waals surface area contributed by atoms with E-state index < -0.39 is 0 Å². The van der Waals surface area contributed by atoms with Crippen LogP contribution in [0.1, 0.15) is 16.4 Å². The quantitative estimate of drug-likeness (QED) is 0.815. The van der Waals surface area contributed by atoms with E-state index in [9.17, 15) is 5.11 Å². The van der Waals surface area contributed by atoms with Crippen molar-refractivity contribution < 1.29 is 5.11 Å². The number of aliphatic hydroxyl groups excluding tert-OH is 1. The second kappa shape index (κ2) is 4.40. The van der Waals surface area contributed by atoms with Crippen LogP contribution in [-0.2, 0) is 0 Å². The fraction of sp³-hybridized carbons (Fsp3) is 0.167. The molecule has 0 radical (unpaired) electrons. The maximum absolute atomic E-state index is 9.36. The fourth-order valence-electron chi connectivity index (χ4n) is 1.53. The summed E-state index contributed by atoms with van der Waals surface area (Å²) in [6.45, 7) is 0.171. The van der Waals surface area contributed by atoms with Crippen molar-refractivity contribution in [1.82, 2.24) is 0 Å². The first-order chi connectivity index (χ1) is 6.92. The zero-order valence-electron chi connectivity index (χ0n) is 7.76. The number of thiophene rings is 1. The van der Waals surface area contributed by atoms with E-state index in [1.54, 1.807) is 11.3 Å². The monoisotopic (exact) mass is 204 g/mol. The van der Waals surface area contributed by atoms with Gasteiger partial charge in [0.15, 0.2) is 0 Å². The van der Waals surface area contributed by atoms with E-state index in [0.29, 0.717) is 0 Å². The highest BCUT2D eigenvalue weighted by Gasteiger charge is 2.12. The molecule has 0 amide bonds. The van der Waals surface area contributed by atoms with Crippen LogP contribution in [0.4, 0.5) is 0 Å². The summed E-state index contributed by atoms with van der Waals surface area (Å²) in [5.41, 5.74) is 1.18. The van der Waals surface area contributed by atoms with Gasteiger partial charge < -0.3 is 5.11 Å². The zero-order chi connectivity index (χ0) is 9.80. The highest BCUT2D eigenvalue weighted by Crippen LogP contribution is 2.27. The molecule has 0 bridgehead atoms. The van der Waals surface area contributed by atoms with E-state index in [-0.39, 0.29) is 12.5 Å². The summed E-state index contributed by atoms with van der Waals surface area (Å²) in [6.07, 6.45) is 0. The van der Waals surface area contributed by atoms with Crippen molar-refractivity contribution in [3.63, 3.8) is 0 Å². The topological polar surface area (TPSA) is 20.2 Å². The molecule has 0 aliphatic carbocycles. The lowest BCUT2D eigenvalue weighted by atomic mass is 9.99. The molecule has 72 valence electrons. The van der Waals surface area contributed by atoms with Gasteiger partial charge in [-0.1, -0.05) is 36.4 Å². The van der Waals surface area contributed by atoms with Gasteiger partial charge >= 0.3 is 0 Å². The maximum Gasteiger partial charge on any atom is 0.0548 e. The first-order valence-electron chi connectivity index (χ1n) is 4.61. The summed E-state index contributed by atoms with van der Waals surface area (Å²) in [4.78, 5) is 1.22. The molecule has 0 aliphatic rings. The van der Waals surface area contributed by atoms with E-state index in [1.165, 1.54) is 10.4 Å². The lowest BCUT2D eigenvalue weighted by Crippen LogP contribution is -2.03. The Kier molecular flexibility index (Phi) is 2.96. The van der Waals surface area contributed by atoms with Crippen molar-refractivity contribution in [2.24, 2.45) is 0 Å². The Morgan fingerprint density at radius 1 is 1.07 bits per heavy atom. The third-order valence-electron chi connectivity index (χ3n) is 2.27. The molecule has 1 unspecified atom stereocenters. The first kappa shape index (κ1) is 9.44. The summed E-state index contributed by atoms with van der Waals surface area (Å²) in [5.74, 6) is 0.135. The highest BCUT2D eigenvalue weighted by atomic mass is 32.1. The number of aliphatic hydroxyl groups is 1. The predicted molar refractivity (Wildman–Crippen MR) is 59.7 cm³/mol. The van der Waals surface area contributed by atoms with Gasteiger partial charge in [0.1, 0.15) is 0 Å². The van der Waals surface area contributed by atoms with Gasteiger partial charge in [-0.05, 0) is 17.0 Å². The lowest BCUT2D eigenvalue weighted by Gasteiger charge is -2.12. The van der Waals surface area contributed by atoms with Crippen molar-refractivity contribution in [1.29, 1.82) is 0 Å². The number of hydrogen-bond acceptors (Lipinski definition) is 2. The minimum absolute atomic E-state index is 0.135. The predicted octanol–water partition coefficient (Wildman–Crippen LogP) is 2.87. The van der Waals surface area contributed by atoms with Gasteiger partial charge in [-0.2, -0.15) is 0 Å². The highest BCUT2D eigenvalue weighted by molar-refractivity contribution is 7.10. The summed E-state index contributed by atoms with van der Waals surface area (Å²) in [7, 11) is 0. The third kappa shape index (κ3) is 1.86. The SMILES string of the molecule is OCC(c1ccccc1)c1cccs1. The minimum Gasteiger partial charge on any atom is -0.395 e. The Balaban J connectivity index is 2.31. The second-order valence-electron chi connectivity index (χ2n) is 3.16. The molecule has 1 nitrogen and oxygen atoms in total. The van der Waals surface area contributed by atoms with Crippen LogP contribution in [0.25, 0.3) is 0 Å². The molecule has 2 heteroatoms. The van der Waals surface area contributed by atoms with Gasteiger partial charge in [-0.15, -0.1) is 11.3 Å².